The van der Waals surface area contributed by atoms with Gasteiger partial charge in [-0.2, -0.15) is 0 Å². The molecule has 0 saturated heterocycles. The van der Waals surface area contributed by atoms with Crippen molar-refractivity contribution in [1.29, 1.82) is 0 Å². The van der Waals surface area contributed by atoms with Gasteiger partial charge in [-0.15, -0.1) is 0 Å². The summed E-state index contributed by atoms with van der Waals surface area (Å²) in [5.41, 5.74) is 5.57. The smallest absolute Gasteiger partial charge is 0.267 e. The maximum absolute atomic E-state index is 13.7. The average molecular weight is 299 g/mol. The highest BCUT2D eigenvalue weighted by Gasteiger charge is 2.25. The Morgan fingerprint density at radius 3 is 2.40 bits per heavy atom. The second-order valence-electron chi connectivity index (χ2n) is 4.06. The predicted octanol–water partition coefficient (Wildman–Crippen LogP) is 2.05. The van der Waals surface area contributed by atoms with Crippen molar-refractivity contribution in [1.82, 2.24) is 4.98 Å². The van der Waals surface area contributed by atoms with Crippen molar-refractivity contribution in [3.8, 4) is 0 Å². The number of halogens is 2. The monoisotopic (exact) mass is 299 g/mol. The van der Waals surface area contributed by atoms with E-state index < -0.39 is 26.6 Å². The maximum atomic E-state index is 13.7. The molecule has 5 nitrogen and oxygen atoms in total. The highest BCUT2D eigenvalue weighted by Crippen LogP contribution is 2.24. The van der Waals surface area contributed by atoms with Gasteiger partial charge in [0.2, 0.25) is 0 Å². The number of aryl methyl sites for hydroxylation is 1. The molecule has 0 aliphatic heterocycles. The Bertz CT molecular complexity index is 740. The number of benzene rings is 1. The average Bonchev–Trinajstić information content (AvgIpc) is 2.30. The molecule has 1 aromatic heterocycles. The molecule has 3 N–H and O–H groups in total. The van der Waals surface area contributed by atoms with Crippen LogP contribution in [0.4, 0.5) is 20.2 Å². The first kappa shape index (κ1) is 14.2. The lowest BCUT2D eigenvalue weighted by molar-refractivity contribution is 0.522. The summed E-state index contributed by atoms with van der Waals surface area (Å²) in [7, 11) is -4.41. The number of nitrogens with zero attached hydrogens (tertiary/aromatic N) is 1. The number of nitrogens with two attached hydrogens (primary N) is 1. The zero-order chi connectivity index (χ0) is 14.9. The summed E-state index contributed by atoms with van der Waals surface area (Å²) < 4.78 is 53.5. The molecule has 2 aromatic rings. The van der Waals surface area contributed by atoms with E-state index in [1.807, 2.05) is 0 Å². The molecule has 2 rings (SSSR count). The van der Waals surface area contributed by atoms with Crippen LogP contribution in [-0.2, 0) is 10.0 Å². The molecule has 0 bridgehead atoms. The van der Waals surface area contributed by atoms with Gasteiger partial charge >= 0.3 is 0 Å². The van der Waals surface area contributed by atoms with E-state index in [2.05, 4.69) is 9.71 Å². The van der Waals surface area contributed by atoms with Crippen molar-refractivity contribution in [2.24, 2.45) is 0 Å². The van der Waals surface area contributed by atoms with Gasteiger partial charge in [-0.05, 0) is 31.2 Å². The molecular weight excluding hydrogens is 288 g/mol. The number of anilines is 2. The molecule has 0 saturated carbocycles. The number of sulfonamides is 1. The van der Waals surface area contributed by atoms with Gasteiger partial charge in [0.05, 0.1) is 11.4 Å². The summed E-state index contributed by atoms with van der Waals surface area (Å²) >= 11 is 0. The van der Waals surface area contributed by atoms with Crippen LogP contribution in [0.25, 0.3) is 0 Å². The van der Waals surface area contributed by atoms with Crippen LogP contribution >= 0.6 is 0 Å². The fourth-order valence-electron chi connectivity index (χ4n) is 1.62. The molecule has 0 radical (unpaired) electrons. The van der Waals surface area contributed by atoms with Crippen molar-refractivity contribution < 1.29 is 17.2 Å². The molecule has 1 heterocycles. The third-order valence-electron chi connectivity index (χ3n) is 2.54. The second-order valence-corrected chi connectivity index (χ2v) is 5.67. The summed E-state index contributed by atoms with van der Waals surface area (Å²) in [6, 6.07) is 4.43. The summed E-state index contributed by atoms with van der Waals surface area (Å²) in [6.45, 7) is 1.56. The second kappa shape index (κ2) is 5.04. The molecule has 0 aliphatic rings. The van der Waals surface area contributed by atoms with Gasteiger partial charge in [0.25, 0.3) is 10.0 Å². The van der Waals surface area contributed by atoms with Crippen molar-refractivity contribution >= 4 is 21.4 Å². The number of rotatable bonds is 3. The molecular formula is C12H11F2N3O2S. The predicted molar refractivity (Wildman–Crippen MR) is 70.6 cm³/mol. The van der Waals surface area contributed by atoms with Crippen LogP contribution in [0, 0.1) is 18.6 Å². The molecule has 0 atom stereocenters. The Balaban J connectivity index is 2.50. The van der Waals surface area contributed by atoms with E-state index in [4.69, 9.17) is 5.73 Å². The van der Waals surface area contributed by atoms with Crippen LogP contribution in [0.1, 0.15) is 5.69 Å². The molecule has 0 spiro atoms. The fraction of sp³-hybridized carbons (Fsp3) is 0.0833. The number of hydrogen-bond acceptors (Lipinski definition) is 4. The largest absolute Gasteiger partial charge is 0.399 e. The van der Waals surface area contributed by atoms with Crippen molar-refractivity contribution in [3.63, 3.8) is 0 Å². The third kappa shape index (κ3) is 2.69. The van der Waals surface area contributed by atoms with Crippen molar-refractivity contribution in [3.05, 3.63) is 47.8 Å². The molecule has 8 heteroatoms. The summed E-state index contributed by atoms with van der Waals surface area (Å²) in [5.74, 6) is -2.51. The number of pyridine rings is 1. The van der Waals surface area contributed by atoms with E-state index >= 15 is 0 Å². The molecule has 0 aliphatic carbocycles. The van der Waals surface area contributed by atoms with E-state index in [9.17, 15) is 17.2 Å². The van der Waals surface area contributed by atoms with Gasteiger partial charge in [0.1, 0.15) is 11.6 Å². The third-order valence-corrected chi connectivity index (χ3v) is 3.96. The zero-order valence-electron chi connectivity index (χ0n) is 10.4. The van der Waals surface area contributed by atoms with Crippen LogP contribution in [-0.4, -0.2) is 13.4 Å². The first-order chi connectivity index (χ1) is 9.31. The number of aromatic nitrogens is 1. The van der Waals surface area contributed by atoms with E-state index in [0.29, 0.717) is 5.69 Å². The Morgan fingerprint density at radius 2 is 1.85 bits per heavy atom. The van der Waals surface area contributed by atoms with Crippen LogP contribution in [0.3, 0.4) is 0 Å². The Kier molecular flexibility index (Phi) is 3.58. The summed E-state index contributed by atoms with van der Waals surface area (Å²) in [6.07, 6.45) is 1.47. The van der Waals surface area contributed by atoms with Crippen LogP contribution in [0.2, 0.25) is 0 Å². The fourth-order valence-corrected chi connectivity index (χ4v) is 2.86. The lowest BCUT2D eigenvalue weighted by Gasteiger charge is -2.11. The molecule has 0 unspecified atom stereocenters. The highest BCUT2D eigenvalue weighted by atomic mass is 32.2. The molecule has 20 heavy (non-hydrogen) atoms. The first-order valence-electron chi connectivity index (χ1n) is 5.50. The minimum Gasteiger partial charge on any atom is -0.399 e. The van der Waals surface area contributed by atoms with E-state index in [0.717, 1.165) is 12.1 Å². The summed E-state index contributed by atoms with van der Waals surface area (Å²) in [5, 5.41) is 0. The van der Waals surface area contributed by atoms with E-state index in [1.165, 1.54) is 18.3 Å². The molecule has 0 fully saturated rings. The van der Waals surface area contributed by atoms with Crippen LogP contribution in [0.5, 0.6) is 0 Å². The first-order valence-corrected chi connectivity index (χ1v) is 6.98. The highest BCUT2D eigenvalue weighted by molar-refractivity contribution is 7.92. The van der Waals surface area contributed by atoms with E-state index in [1.54, 1.807) is 6.92 Å². The van der Waals surface area contributed by atoms with Crippen molar-refractivity contribution in [2.75, 3.05) is 10.5 Å². The van der Waals surface area contributed by atoms with Gasteiger partial charge in [-0.25, -0.2) is 17.2 Å². The maximum Gasteiger partial charge on any atom is 0.267 e. The normalized spacial score (nSPS) is 11.3. The van der Waals surface area contributed by atoms with Gasteiger partial charge in [-0.1, -0.05) is 0 Å². The number of hydrogen-bond donors (Lipinski definition) is 2. The van der Waals surface area contributed by atoms with Gasteiger partial charge in [0.15, 0.2) is 4.90 Å². The minimum absolute atomic E-state index is 0.142. The molecule has 0 amide bonds. The number of nitrogen functional groups attached to an aromatic ring is 1. The molecule has 106 valence electrons. The topological polar surface area (TPSA) is 85.1 Å². The van der Waals surface area contributed by atoms with Gasteiger partial charge in [0, 0.05) is 11.9 Å². The zero-order valence-corrected chi connectivity index (χ0v) is 11.2. The Morgan fingerprint density at radius 1 is 1.25 bits per heavy atom. The van der Waals surface area contributed by atoms with Crippen LogP contribution in [0.15, 0.2) is 35.4 Å². The van der Waals surface area contributed by atoms with Gasteiger partial charge in [-0.3, -0.25) is 9.71 Å². The van der Waals surface area contributed by atoms with Crippen LogP contribution < -0.4 is 10.5 Å². The standard InChI is InChI=1S/C12H11F2N3O2S/c1-7-11(3-2-4-16-7)17-20(18,19)12-9(13)5-8(15)6-10(12)14/h2-6,17H,15H2,1H3. The molecule has 1 aromatic carbocycles. The summed E-state index contributed by atoms with van der Waals surface area (Å²) in [4.78, 5) is 2.81. The lowest BCUT2D eigenvalue weighted by atomic mass is 10.3. The Labute approximate surface area is 114 Å². The van der Waals surface area contributed by atoms with Crippen molar-refractivity contribution in [2.45, 2.75) is 11.8 Å². The van der Waals surface area contributed by atoms with E-state index in [-0.39, 0.29) is 11.4 Å². The minimum atomic E-state index is -4.41. The lowest BCUT2D eigenvalue weighted by Crippen LogP contribution is -2.17. The number of nitrogens with one attached hydrogen (secondary N) is 1. The van der Waals surface area contributed by atoms with Gasteiger partial charge < -0.3 is 5.73 Å². The quantitative estimate of drug-likeness (QED) is 0.849. The Hall–Kier alpha value is -2.22. The SMILES string of the molecule is Cc1ncccc1NS(=O)(=O)c1c(F)cc(N)cc1F.